The van der Waals surface area contributed by atoms with Crippen molar-refractivity contribution in [3.63, 3.8) is 0 Å². The van der Waals surface area contributed by atoms with E-state index in [2.05, 4.69) is 21.9 Å². The van der Waals surface area contributed by atoms with Gasteiger partial charge in [-0.2, -0.15) is 4.52 Å². The second-order valence-corrected chi connectivity index (χ2v) is 6.11. The molecule has 1 aliphatic rings. The molecule has 0 aliphatic carbocycles. The van der Waals surface area contributed by atoms with Gasteiger partial charge >= 0.3 is 0 Å². The van der Waals surface area contributed by atoms with Crippen molar-refractivity contribution >= 4 is 21.4 Å². The standard InChI is InChI=1S/C13H18N4OS/c1-3-10-5-4-6-16(8-10)13-15-17-11(18)7-9(2)14-12(17)19-13/h7,10H,3-6,8H2,1-2H3. The Kier molecular flexibility index (Phi) is 3.26. The van der Waals surface area contributed by atoms with E-state index in [9.17, 15) is 4.79 Å². The molecule has 1 unspecified atom stereocenters. The highest BCUT2D eigenvalue weighted by atomic mass is 32.1. The molecule has 5 nitrogen and oxygen atoms in total. The van der Waals surface area contributed by atoms with Crippen LogP contribution in [0, 0.1) is 12.8 Å². The first kappa shape index (κ1) is 12.6. The number of aryl methyl sites for hydroxylation is 1. The Balaban J connectivity index is 1.97. The molecule has 1 saturated heterocycles. The van der Waals surface area contributed by atoms with Gasteiger partial charge in [0, 0.05) is 24.8 Å². The maximum Gasteiger partial charge on any atom is 0.275 e. The zero-order valence-corrected chi connectivity index (χ0v) is 12.1. The highest BCUT2D eigenvalue weighted by molar-refractivity contribution is 7.20. The minimum absolute atomic E-state index is 0.0888. The minimum Gasteiger partial charge on any atom is -0.346 e. The lowest BCUT2D eigenvalue weighted by atomic mass is 9.96. The van der Waals surface area contributed by atoms with Crippen LogP contribution in [-0.4, -0.2) is 27.7 Å². The van der Waals surface area contributed by atoms with Gasteiger partial charge in [-0.3, -0.25) is 4.79 Å². The summed E-state index contributed by atoms with van der Waals surface area (Å²) in [7, 11) is 0. The molecule has 0 bridgehead atoms. The van der Waals surface area contributed by atoms with Crippen molar-refractivity contribution in [2.75, 3.05) is 18.0 Å². The van der Waals surface area contributed by atoms with Crippen LogP contribution in [0.15, 0.2) is 10.9 Å². The second kappa shape index (κ2) is 4.92. The summed E-state index contributed by atoms with van der Waals surface area (Å²) in [4.78, 5) is 19.2. The zero-order valence-electron chi connectivity index (χ0n) is 11.3. The first-order chi connectivity index (χ1) is 9.17. The molecule has 1 atom stereocenters. The van der Waals surface area contributed by atoms with Gasteiger partial charge < -0.3 is 4.90 Å². The number of anilines is 1. The fraction of sp³-hybridized carbons (Fsp3) is 0.615. The van der Waals surface area contributed by atoms with E-state index in [0.717, 1.165) is 29.8 Å². The lowest BCUT2D eigenvalue weighted by Crippen LogP contribution is -2.35. The Labute approximate surface area is 115 Å². The van der Waals surface area contributed by atoms with E-state index in [1.54, 1.807) is 0 Å². The molecule has 102 valence electrons. The second-order valence-electron chi connectivity index (χ2n) is 5.18. The van der Waals surface area contributed by atoms with E-state index in [0.29, 0.717) is 4.96 Å². The molecule has 0 aromatic carbocycles. The fourth-order valence-corrected chi connectivity index (χ4v) is 3.60. The maximum atomic E-state index is 11.9. The Morgan fingerprint density at radius 3 is 3.16 bits per heavy atom. The third kappa shape index (κ3) is 2.36. The summed E-state index contributed by atoms with van der Waals surface area (Å²) in [6.45, 7) is 6.16. The molecular weight excluding hydrogens is 260 g/mol. The van der Waals surface area contributed by atoms with Crippen molar-refractivity contribution in [1.82, 2.24) is 14.6 Å². The van der Waals surface area contributed by atoms with Gasteiger partial charge in [-0.05, 0) is 25.7 Å². The summed E-state index contributed by atoms with van der Waals surface area (Å²) in [5.41, 5.74) is 0.666. The minimum atomic E-state index is -0.0888. The fourth-order valence-electron chi connectivity index (χ4n) is 2.61. The van der Waals surface area contributed by atoms with E-state index in [4.69, 9.17) is 0 Å². The van der Waals surface area contributed by atoms with E-state index in [-0.39, 0.29) is 5.56 Å². The molecule has 3 heterocycles. The molecule has 1 fully saturated rings. The van der Waals surface area contributed by atoms with Crippen molar-refractivity contribution in [3.8, 4) is 0 Å². The molecular formula is C13H18N4OS. The molecule has 19 heavy (non-hydrogen) atoms. The molecule has 0 N–H and O–H groups in total. The van der Waals surface area contributed by atoms with Crippen LogP contribution in [0.25, 0.3) is 4.96 Å². The molecule has 0 amide bonds. The SMILES string of the molecule is CCC1CCCN(c2nn3c(=O)cc(C)nc3s2)C1. The third-order valence-corrected chi connectivity index (χ3v) is 4.70. The Morgan fingerprint density at radius 2 is 2.37 bits per heavy atom. The third-order valence-electron chi connectivity index (χ3n) is 3.73. The van der Waals surface area contributed by atoms with Crippen molar-refractivity contribution < 1.29 is 0 Å². The van der Waals surface area contributed by atoms with Crippen LogP contribution in [-0.2, 0) is 0 Å². The lowest BCUT2D eigenvalue weighted by Gasteiger charge is -2.31. The van der Waals surface area contributed by atoms with Gasteiger partial charge in [0.1, 0.15) is 0 Å². The monoisotopic (exact) mass is 278 g/mol. The van der Waals surface area contributed by atoms with E-state index < -0.39 is 0 Å². The average molecular weight is 278 g/mol. The van der Waals surface area contributed by atoms with Crippen LogP contribution >= 0.6 is 11.3 Å². The lowest BCUT2D eigenvalue weighted by molar-refractivity contribution is 0.404. The summed E-state index contributed by atoms with van der Waals surface area (Å²) in [5, 5.41) is 5.36. The molecule has 3 rings (SSSR count). The molecule has 2 aromatic rings. The number of piperidine rings is 1. The van der Waals surface area contributed by atoms with Crippen LogP contribution < -0.4 is 10.5 Å². The number of hydrogen-bond donors (Lipinski definition) is 0. The Hall–Kier alpha value is -1.43. The molecule has 0 radical (unpaired) electrons. The number of hydrogen-bond acceptors (Lipinski definition) is 5. The highest BCUT2D eigenvalue weighted by Gasteiger charge is 2.21. The van der Waals surface area contributed by atoms with E-state index in [1.807, 2.05) is 6.92 Å². The van der Waals surface area contributed by atoms with Crippen molar-refractivity contribution in [2.45, 2.75) is 33.1 Å². The molecule has 6 heteroatoms. The quantitative estimate of drug-likeness (QED) is 0.844. The molecule has 2 aromatic heterocycles. The molecule has 0 spiro atoms. The summed E-state index contributed by atoms with van der Waals surface area (Å²) in [6, 6.07) is 1.53. The molecule has 0 saturated carbocycles. The van der Waals surface area contributed by atoms with Crippen LogP contribution in [0.2, 0.25) is 0 Å². The van der Waals surface area contributed by atoms with Crippen LogP contribution in [0.5, 0.6) is 0 Å². The van der Waals surface area contributed by atoms with Gasteiger partial charge in [-0.25, -0.2) is 4.98 Å². The molecule has 1 aliphatic heterocycles. The van der Waals surface area contributed by atoms with Gasteiger partial charge in [-0.15, -0.1) is 5.10 Å². The van der Waals surface area contributed by atoms with Gasteiger partial charge in [0.05, 0.1) is 0 Å². The van der Waals surface area contributed by atoms with Crippen molar-refractivity contribution in [3.05, 3.63) is 22.1 Å². The van der Waals surface area contributed by atoms with E-state index >= 15 is 0 Å². The van der Waals surface area contributed by atoms with E-state index in [1.165, 1.54) is 41.2 Å². The van der Waals surface area contributed by atoms with Crippen LogP contribution in [0.1, 0.15) is 31.9 Å². The first-order valence-corrected chi connectivity index (χ1v) is 7.61. The summed E-state index contributed by atoms with van der Waals surface area (Å²) in [6.07, 6.45) is 3.71. The van der Waals surface area contributed by atoms with Crippen LogP contribution in [0.4, 0.5) is 5.13 Å². The predicted molar refractivity (Wildman–Crippen MR) is 77.1 cm³/mol. The predicted octanol–water partition coefficient (Wildman–Crippen LogP) is 2.09. The number of aromatic nitrogens is 3. The normalized spacial score (nSPS) is 20.1. The van der Waals surface area contributed by atoms with Crippen molar-refractivity contribution in [1.29, 1.82) is 0 Å². The first-order valence-electron chi connectivity index (χ1n) is 6.80. The van der Waals surface area contributed by atoms with Crippen LogP contribution in [0.3, 0.4) is 0 Å². The van der Waals surface area contributed by atoms with Gasteiger partial charge in [0.2, 0.25) is 10.1 Å². The van der Waals surface area contributed by atoms with Crippen molar-refractivity contribution in [2.24, 2.45) is 5.92 Å². The highest BCUT2D eigenvalue weighted by Crippen LogP contribution is 2.27. The smallest absolute Gasteiger partial charge is 0.275 e. The average Bonchev–Trinajstić information content (AvgIpc) is 2.83. The van der Waals surface area contributed by atoms with Gasteiger partial charge in [0.25, 0.3) is 5.56 Å². The number of fused-ring (bicyclic) bond motifs is 1. The topological polar surface area (TPSA) is 50.5 Å². The largest absolute Gasteiger partial charge is 0.346 e. The summed E-state index contributed by atoms with van der Waals surface area (Å²) in [5.74, 6) is 0.743. The number of rotatable bonds is 2. The zero-order chi connectivity index (χ0) is 13.4. The Bertz CT molecular complexity index is 648. The van der Waals surface area contributed by atoms with Gasteiger partial charge in [0.15, 0.2) is 0 Å². The van der Waals surface area contributed by atoms with Gasteiger partial charge in [-0.1, -0.05) is 24.7 Å². The Morgan fingerprint density at radius 1 is 1.53 bits per heavy atom. The summed E-state index contributed by atoms with van der Waals surface area (Å²) >= 11 is 1.51. The number of nitrogens with zero attached hydrogens (tertiary/aromatic N) is 4. The summed E-state index contributed by atoms with van der Waals surface area (Å²) < 4.78 is 1.42. The maximum absolute atomic E-state index is 11.9.